The quantitative estimate of drug-likeness (QED) is 0.795. The average molecular weight is 337 g/mol. The molecule has 120 valence electrons. The van der Waals surface area contributed by atoms with Gasteiger partial charge in [0.25, 0.3) is 5.91 Å². The number of thiophene rings is 1. The predicted octanol–water partition coefficient (Wildman–Crippen LogP) is 2.94. The number of nitrogens with one attached hydrogen (secondary N) is 1. The standard InChI is InChI=1S/C18H15N3O2S/c22-18(16-5-2-6-24-16)21-10-14-7-12-3-1-4-15(17(12)23-14)13-8-19-11-20-9-13/h1-6,8-9,11,14H,7,10H2,(H,21,22)/t14-/m0/s1. The maximum Gasteiger partial charge on any atom is 0.261 e. The first-order valence-corrected chi connectivity index (χ1v) is 8.55. The fourth-order valence-corrected chi connectivity index (χ4v) is 3.46. The minimum Gasteiger partial charge on any atom is -0.487 e. The predicted molar refractivity (Wildman–Crippen MR) is 92.2 cm³/mol. The molecule has 0 bridgehead atoms. The summed E-state index contributed by atoms with van der Waals surface area (Å²) in [6.45, 7) is 0.482. The Kier molecular flexibility index (Phi) is 3.96. The molecule has 5 nitrogen and oxygen atoms in total. The van der Waals surface area contributed by atoms with Gasteiger partial charge in [0, 0.05) is 29.9 Å². The number of amides is 1. The van der Waals surface area contributed by atoms with Crippen molar-refractivity contribution in [1.82, 2.24) is 15.3 Å². The van der Waals surface area contributed by atoms with Crippen molar-refractivity contribution in [2.45, 2.75) is 12.5 Å². The number of para-hydroxylation sites is 1. The van der Waals surface area contributed by atoms with Crippen molar-refractivity contribution in [1.29, 1.82) is 0 Å². The largest absolute Gasteiger partial charge is 0.487 e. The van der Waals surface area contributed by atoms with E-state index in [4.69, 9.17) is 4.74 Å². The highest BCUT2D eigenvalue weighted by molar-refractivity contribution is 7.12. The topological polar surface area (TPSA) is 64.1 Å². The molecule has 1 aromatic carbocycles. The van der Waals surface area contributed by atoms with Gasteiger partial charge in [0.2, 0.25) is 0 Å². The number of nitrogens with zero attached hydrogens (tertiary/aromatic N) is 2. The molecule has 0 saturated heterocycles. The molecule has 0 unspecified atom stereocenters. The Hall–Kier alpha value is -2.73. The molecule has 1 atom stereocenters. The lowest BCUT2D eigenvalue weighted by atomic mass is 10.0. The third-order valence-corrected chi connectivity index (χ3v) is 4.80. The van der Waals surface area contributed by atoms with Crippen molar-refractivity contribution in [3.8, 4) is 16.9 Å². The second-order valence-electron chi connectivity index (χ2n) is 5.55. The van der Waals surface area contributed by atoms with Crippen LogP contribution in [-0.2, 0) is 6.42 Å². The van der Waals surface area contributed by atoms with Crippen molar-refractivity contribution in [3.05, 3.63) is 64.9 Å². The van der Waals surface area contributed by atoms with E-state index in [0.717, 1.165) is 28.9 Å². The Labute approximate surface area is 143 Å². The number of hydrogen-bond donors (Lipinski definition) is 1. The van der Waals surface area contributed by atoms with Crippen LogP contribution in [0.1, 0.15) is 15.2 Å². The Morgan fingerprint density at radius 1 is 1.25 bits per heavy atom. The van der Waals surface area contributed by atoms with Crippen molar-refractivity contribution in [2.24, 2.45) is 0 Å². The number of fused-ring (bicyclic) bond motifs is 1. The van der Waals surface area contributed by atoms with E-state index in [2.05, 4.69) is 21.4 Å². The summed E-state index contributed by atoms with van der Waals surface area (Å²) in [5.41, 5.74) is 3.06. The Balaban J connectivity index is 1.47. The Morgan fingerprint density at radius 2 is 2.12 bits per heavy atom. The van der Waals surface area contributed by atoms with Crippen molar-refractivity contribution >= 4 is 17.2 Å². The summed E-state index contributed by atoms with van der Waals surface area (Å²) in [6.07, 6.45) is 5.78. The second-order valence-corrected chi connectivity index (χ2v) is 6.50. The van der Waals surface area contributed by atoms with Crippen LogP contribution in [0.2, 0.25) is 0 Å². The van der Waals surface area contributed by atoms with E-state index in [-0.39, 0.29) is 12.0 Å². The molecule has 0 radical (unpaired) electrons. The lowest BCUT2D eigenvalue weighted by Crippen LogP contribution is -2.34. The van der Waals surface area contributed by atoms with Gasteiger partial charge in [-0.3, -0.25) is 4.79 Å². The molecule has 0 aliphatic carbocycles. The minimum absolute atomic E-state index is 0.0544. The molecular weight excluding hydrogens is 322 g/mol. The summed E-state index contributed by atoms with van der Waals surface area (Å²) < 4.78 is 6.09. The Morgan fingerprint density at radius 3 is 2.92 bits per heavy atom. The van der Waals surface area contributed by atoms with E-state index >= 15 is 0 Å². The van der Waals surface area contributed by atoms with Crippen LogP contribution >= 0.6 is 11.3 Å². The lowest BCUT2D eigenvalue weighted by Gasteiger charge is -2.13. The van der Waals surface area contributed by atoms with Gasteiger partial charge in [-0.15, -0.1) is 11.3 Å². The fraction of sp³-hybridized carbons (Fsp3) is 0.167. The van der Waals surface area contributed by atoms with Gasteiger partial charge in [0.1, 0.15) is 18.2 Å². The molecule has 0 saturated carbocycles. The molecule has 4 rings (SSSR count). The van der Waals surface area contributed by atoms with Crippen LogP contribution in [0, 0.1) is 0 Å². The molecule has 6 heteroatoms. The molecule has 1 aliphatic rings. The van der Waals surface area contributed by atoms with Gasteiger partial charge in [-0.2, -0.15) is 0 Å². The smallest absolute Gasteiger partial charge is 0.261 e. The van der Waals surface area contributed by atoms with E-state index in [9.17, 15) is 4.79 Å². The van der Waals surface area contributed by atoms with Gasteiger partial charge in [-0.05, 0) is 17.0 Å². The van der Waals surface area contributed by atoms with Gasteiger partial charge < -0.3 is 10.1 Å². The van der Waals surface area contributed by atoms with E-state index in [1.165, 1.54) is 17.7 Å². The van der Waals surface area contributed by atoms with Crippen molar-refractivity contribution in [2.75, 3.05) is 6.54 Å². The van der Waals surface area contributed by atoms with Crippen LogP contribution in [0.3, 0.4) is 0 Å². The van der Waals surface area contributed by atoms with Gasteiger partial charge >= 0.3 is 0 Å². The third kappa shape index (κ3) is 2.88. The summed E-state index contributed by atoms with van der Waals surface area (Å²) in [4.78, 5) is 20.9. The minimum atomic E-state index is -0.0605. The van der Waals surface area contributed by atoms with Gasteiger partial charge in [-0.1, -0.05) is 24.3 Å². The molecule has 1 aliphatic heterocycles. The Bertz CT molecular complexity index is 850. The third-order valence-electron chi connectivity index (χ3n) is 3.94. The average Bonchev–Trinajstić information content (AvgIpc) is 3.29. The van der Waals surface area contributed by atoms with Gasteiger partial charge in [0.05, 0.1) is 11.4 Å². The monoisotopic (exact) mass is 337 g/mol. The maximum atomic E-state index is 12.1. The SMILES string of the molecule is O=C(NC[C@@H]1Cc2cccc(-c3cncnc3)c2O1)c1cccs1. The van der Waals surface area contributed by atoms with Crippen molar-refractivity contribution in [3.63, 3.8) is 0 Å². The summed E-state index contributed by atoms with van der Waals surface area (Å²) in [5, 5.41) is 4.84. The molecule has 24 heavy (non-hydrogen) atoms. The second kappa shape index (κ2) is 6.41. The summed E-state index contributed by atoms with van der Waals surface area (Å²) in [7, 11) is 0. The molecule has 1 amide bonds. The molecule has 2 aromatic heterocycles. The van der Waals surface area contributed by atoms with E-state index < -0.39 is 0 Å². The number of rotatable bonds is 4. The van der Waals surface area contributed by atoms with Gasteiger partial charge in [-0.25, -0.2) is 9.97 Å². The zero-order valence-corrected chi connectivity index (χ0v) is 13.6. The van der Waals surface area contributed by atoms with Crippen LogP contribution in [0.5, 0.6) is 5.75 Å². The summed E-state index contributed by atoms with van der Waals surface area (Å²) in [6, 6.07) is 9.76. The highest BCUT2D eigenvalue weighted by atomic mass is 32.1. The zero-order valence-electron chi connectivity index (χ0n) is 12.8. The first kappa shape index (κ1) is 14.8. The maximum absolute atomic E-state index is 12.1. The number of carbonyl (C=O) groups is 1. The van der Waals surface area contributed by atoms with Crippen LogP contribution in [-0.4, -0.2) is 28.5 Å². The van der Waals surface area contributed by atoms with E-state index in [0.29, 0.717) is 11.4 Å². The first-order valence-electron chi connectivity index (χ1n) is 7.67. The highest BCUT2D eigenvalue weighted by Gasteiger charge is 2.26. The van der Waals surface area contributed by atoms with Crippen LogP contribution in [0.4, 0.5) is 0 Å². The molecular formula is C18H15N3O2S. The fourth-order valence-electron chi connectivity index (χ4n) is 2.82. The normalized spacial score (nSPS) is 15.6. The number of hydrogen-bond acceptors (Lipinski definition) is 5. The number of benzene rings is 1. The molecule has 3 heterocycles. The lowest BCUT2D eigenvalue weighted by molar-refractivity contribution is 0.0937. The van der Waals surface area contributed by atoms with Crippen molar-refractivity contribution < 1.29 is 9.53 Å². The highest BCUT2D eigenvalue weighted by Crippen LogP contribution is 2.38. The van der Waals surface area contributed by atoms with Crippen LogP contribution in [0.25, 0.3) is 11.1 Å². The molecule has 0 fully saturated rings. The zero-order chi connectivity index (χ0) is 16.4. The summed E-state index contributed by atoms with van der Waals surface area (Å²) >= 11 is 1.43. The van der Waals surface area contributed by atoms with E-state index in [1.54, 1.807) is 12.4 Å². The van der Waals surface area contributed by atoms with Crippen LogP contribution in [0.15, 0.2) is 54.4 Å². The molecule has 0 spiro atoms. The van der Waals surface area contributed by atoms with Crippen LogP contribution < -0.4 is 10.1 Å². The molecule has 3 aromatic rings. The molecule has 1 N–H and O–H groups in total. The summed E-state index contributed by atoms with van der Waals surface area (Å²) in [5.74, 6) is 0.809. The van der Waals surface area contributed by atoms with E-state index in [1.807, 2.05) is 29.6 Å². The number of ether oxygens (including phenoxy) is 1. The van der Waals surface area contributed by atoms with Gasteiger partial charge in [0.15, 0.2) is 0 Å². The number of carbonyl (C=O) groups excluding carboxylic acids is 1. The first-order chi connectivity index (χ1) is 11.8. The number of aromatic nitrogens is 2.